The Bertz CT molecular complexity index is 965. The Labute approximate surface area is 201 Å². The lowest BCUT2D eigenvalue weighted by atomic mass is 10.0. The molecule has 180 valence electrons. The number of aliphatic hydroxyl groups is 3. The van der Waals surface area contributed by atoms with Crippen LogP contribution in [0.1, 0.15) is 54.6 Å². The molecule has 33 heavy (non-hydrogen) atoms. The van der Waals surface area contributed by atoms with Gasteiger partial charge in [-0.25, -0.2) is 9.69 Å². The van der Waals surface area contributed by atoms with Crippen molar-refractivity contribution in [3.8, 4) is 0 Å². The van der Waals surface area contributed by atoms with Gasteiger partial charge in [-0.1, -0.05) is 47.6 Å². The first-order chi connectivity index (χ1) is 15.7. The highest BCUT2D eigenvalue weighted by Gasteiger charge is 2.48. The summed E-state index contributed by atoms with van der Waals surface area (Å²) in [5, 5.41) is 31.2. The number of ether oxygens (including phenoxy) is 1. The van der Waals surface area contributed by atoms with Crippen molar-refractivity contribution >= 4 is 39.3 Å². The normalized spacial score (nSPS) is 23.5. The standard InChI is InChI=1S/C23H30N2O6S2/c1-13(2)32-33-23(4-5-23)12-31-22(30)25-18-8-16(11-27)15(10-26)7-17(18)20(28)24-9-14(3)6-19(24)21(25)29/h7-8,13,19,21,26-27,29H,3-6,9-12H2,1-2H3/t19-,21?/m0/s1. The Morgan fingerprint density at radius 1 is 1.27 bits per heavy atom. The summed E-state index contributed by atoms with van der Waals surface area (Å²) in [7, 11) is 3.48. The van der Waals surface area contributed by atoms with Crippen LogP contribution in [0, 0.1) is 0 Å². The maximum atomic E-state index is 13.4. The second kappa shape index (κ2) is 9.50. The fraction of sp³-hybridized carbons (Fsp3) is 0.565. The molecule has 2 aliphatic heterocycles. The summed E-state index contributed by atoms with van der Waals surface area (Å²) in [5.74, 6) is -0.357. The van der Waals surface area contributed by atoms with Crippen molar-refractivity contribution in [1.29, 1.82) is 0 Å². The van der Waals surface area contributed by atoms with Crippen LogP contribution in [0.3, 0.4) is 0 Å². The van der Waals surface area contributed by atoms with E-state index in [0.29, 0.717) is 22.8 Å². The minimum absolute atomic E-state index is 0.120. The van der Waals surface area contributed by atoms with Gasteiger partial charge in [-0.05, 0) is 42.5 Å². The molecular weight excluding hydrogens is 464 g/mol. The molecule has 2 amide bonds. The van der Waals surface area contributed by atoms with E-state index in [0.717, 1.165) is 23.3 Å². The van der Waals surface area contributed by atoms with Crippen molar-refractivity contribution in [3.05, 3.63) is 41.0 Å². The van der Waals surface area contributed by atoms with Crippen molar-refractivity contribution in [2.45, 2.75) is 68.6 Å². The molecule has 2 fully saturated rings. The molecule has 3 aliphatic rings. The number of fused-ring (bicyclic) bond motifs is 2. The van der Waals surface area contributed by atoms with Crippen LogP contribution in [0.25, 0.3) is 0 Å². The van der Waals surface area contributed by atoms with E-state index in [1.807, 2.05) is 0 Å². The van der Waals surface area contributed by atoms with Crippen LogP contribution < -0.4 is 4.90 Å². The van der Waals surface area contributed by atoms with Gasteiger partial charge in [-0.3, -0.25) is 4.79 Å². The Kier molecular flexibility index (Phi) is 7.02. The van der Waals surface area contributed by atoms with E-state index in [-0.39, 0.29) is 48.3 Å². The zero-order valence-electron chi connectivity index (χ0n) is 18.8. The minimum atomic E-state index is -1.33. The van der Waals surface area contributed by atoms with E-state index in [1.54, 1.807) is 21.6 Å². The lowest BCUT2D eigenvalue weighted by Gasteiger charge is -2.32. The smallest absolute Gasteiger partial charge is 0.416 e. The highest BCUT2D eigenvalue weighted by atomic mass is 33.1. The van der Waals surface area contributed by atoms with Crippen molar-refractivity contribution in [3.63, 3.8) is 0 Å². The summed E-state index contributed by atoms with van der Waals surface area (Å²) in [4.78, 5) is 29.3. The zero-order chi connectivity index (χ0) is 23.9. The van der Waals surface area contributed by atoms with Gasteiger partial charge in [-0.2, -0.15) is 0 Å². The third-order valence-electron chi connectivity index (χ3n) is 6.19. The number of rotatable bonds is 7. The first-order valence-corrected chi connectivity index (χ1v) is 13.2. The number of carbonyl (C=O) groups excluding carboxylic acids is 2. The quantitative estimate of drug-likeness (QED) is 0.392. The van der Waals surface area contributed by atoms with Gasteiger partial charge in [0.15, 0.2) is 6.23 Å². The van der Waals surface area contributed by atoms with Gasteiger partial charge in [0.25, 0.3) is 5.91 Å². The molecule has 2 heterocycles. The van der Waals surface area contributed by atoms with Crippen LogP contribution in [0.5, 0.6) is 0 Å². The second-order valence-electron chi connectivity index (χ2n) is 9.16. The Morgan fingerprint density at radius 3 is 2.55 bits per heavy atom. The van der Waals surface area contributed by atoms with E-state index in [4.69, 9.17) is 4.74 Å². The van der Waals surface area contributed by atoms with Gasteiger partial charge < -0.3 is 25.0 Å². The lowest BCUT2D eigenvalue weighted by molar-refractivity contribution is 0.0489. The third-order valence-corrected chi connectivity index (χ3v) is 10.1. The molecule has 0 aromatic heterocycles. The second-order valence-corrected chi connectivity index (χ2v) is 12.4. The number of nitrogens with zero attached hydrogens (tertiary/aromatic N) is 2. The highest BCUT2D eigenvalue weighted by Crippen LogP contribution is 2.54. The van der Waals surface area contributed by atoms with Gasteiger partial charge in [0.2, 0.25) is 0 Å². The maximum Gasteiger partial charge on any atom is 0.416 e. The molecule has 0 spiro atoms. The number of anilines is 1. The summed E-state index contributed by atoms with van der Waals surface area (Å²) in [5.41, 5.74) is 1.91. The molecule has 3 N–H and O–H groups in total. The van der Waals surface area contributed by atoms with Crippen LogP contribution in [-0.2, 0) is 18.0 Å². The average molecular weight is 495 g/mol. The topological polar surface area (TPSA) is 111 Å². The number of benzene rings is 1. The van der Waals surface area contributed by atoms with Gasteiger partial charge in [0.05, 0.1) is 35.3 Å². The molecule has 1 aromatic rings. The molecule has 1 aromatic carbocycles. The fourth-order valence-electron chi connectivity index (χ4n) is 4.19. The highest BCUT2D eigenvalue weighted by molar-refractivity contribution is 8.77. The van der Waals surface area contributed by atoms with Crippen LogP contribution >= 0.6 is 21.6 Å². The fourth-order valence-corrected chi connectivity index (χ4v) is 6.79. The molecule has 1 aliphatic carbocycles. The van der Waals surface area contributed by atoms with Crippen molar-refractivity contribution in [2.24, 2.45) is 0 Å². The first-order valence-electron chi connectivity index (χ1n) is 11.0. The van der Waals surface area contributed by atoms with Crippen molar-refractivity contribution < 1.29 is 29.6 Å². The van der Waals surface area contributed by atoms with E-state index in [9.17, 15) is 24.9 Å². The number of carbonyl (C=O) groups is 2. The lowest BCUT2D eigenvalue weighted by Crippen LogP contribution is -2.51. The molecular formula is C23H30N2O6S2. The first kappa shape index (κ1) is 24.4. The van der Waals surface area contributed by atoms with Gasteiger partial charge in [-0.15, -0.1) is 0 Å². The number of hydrogen-bond acceptors (Lipinski definition) is 8. The van der Waals surface area contributed by atoms with E-state index < -0.39 is 18.4 Å². The van der Waals surface area contributed by atoms with Crippen molar-refractivity contribution in [2.75, 3.05) is 18.1 Å². The summed E-state index contributed by atoms with van der Waals surface area (Å²) in [6.07, 6.45) is 0.203. The molecule has 1 saturated carbocycles. The Morgan fingerprint density at radius 2 is 1.94 bits per heavy atom. The summed E-state index contributed by atoms with van der Waals surface area (Å²) in [6.45, 7) is 7.93. The van der Waals surface area contributed by atoms with Gasteiger partial charge in [0.1, 0.15) is 6.61 Å². The Balaban J connectivity index is 1.67. The van der Waals surface area contributed by atoms with Gasteiger partial charge >= 0.3 is 6.09 Å². The zero-order valence-corrected chi connectivity index (χ0v) is 20.5. The van der Waals surface area contributed by atoms with E-state index in [2.05, 4.69) is 20.4 Å². The summed E-state index contributed by atoms with van der Waals surface area (Å²) in [6, 6.07) is 2.31. The van der Waals surface area contributed by atoms with Crippen LogP contribution in [0.2, 0.25) is 0 Å². The molecule has 4 rings (SSSR count). The molecule has 1 unspecified atom stereocenters. The molecule has 0 bridgehead atoms. The van der Waals surface area contributed by atoms with Crippen LogP contribution in [-0.4, -0.2) is 67.6 Å². The predicted octanol–water partition coefficient (Wildman–Crippen LogP) is 3.04. The van der Waals surface area contributed by atoms with E-state index >= 15 is 0 Å². The summed E-state index contributed by atoms with van der Waals surface area (Å²) < 4.78 is 5.57. The number of aliphatic hydroxyl groups excluding tert-OH is 3. The van der Waals surface area contributed by atoms with Gasteiger partial charge in [0, 0.05) is 11.8 Å². The molecule has 2 atom stereocenters. The van der Waals surface area contributed by atoms with E-state index in [1.165, 1.54) is 17.0 Å². The van der Waals surface area contributed by atoms with Crippen LogP contribution in [0.4, 0.5) is 10.5 Å². The molecule has 1 saturated heterocycles. The Hall–Kier alpha value is -1.72. The average Bonchev–Trinajstić information content (AvgIpc) is 3.48. The molecule has 8 nitrogen and oxygen atoms in total. The summed E-state index contributed by atoms with van der Waals surface area (Å²) >= 11 is 0. The minimum Gasteiger partial charge on any atom is -0.448 e. The SMILES string of the molecule is C=C1C[C@H]2C(O)N(C(=O)OCC3(SSC(C)C)CC3)c3cc(CO)c(CO)cc3C(=O)N2C1. The number of amides is 2. The third kappa shape index (κ3) is 4.77. The van der Waals surface area contributed by atoms with Crippen molar-refractivity contribution in [1.82, 2.24) is 4.90 Å². The largest absolute Gasteiger partial charge is 0.448 e. The van der Waals surface area contributed by atoms with Crippen LogP contribution in [0.15, 0.2) is 24.3 Å². The predicted molar refractivity (Wildman–Crippen MR) is 129 cm³/mol. The molecule has 10 heteroatoms. The monoisotopic (exact) mass is 494 g/mol. The maximum absolute atomic E-state index is 13.4. The molecule has 0 radical (unpaired) electrons. The number of hydrogen-bond donors (Lipinski definition) is 3.